The molecule has 0 aliphatic carbocycles. The maximum Gasteiger partial charge on any atom is 0.335 e. The van der Waals surface area contributed by atoms with Gasteiger partial charge in [0.2, 0.25) is 0 Å². The average Bonchev–Trinajstić information content (AvgIpc) is 3.31. The molecule has 156 valence electrons. The van der Waals surface area contributed by atoms with E-state index >= 15 is 0 Å². The molecule has 1 saturated heterocycles. The minimum absolute atomic E-state index is 0.227. The van der Waals surface area contributed by atoms with Crippen molar-refractivity contribution in [2.75, 3.05) is 0 Å². The predicted octanol–water partition coefficient (Wildman–Crippen LogP) is 5.46. The fourth-order valence-electron chi connectivity index (χ4n) is 3.17. The Labute approximate surface area is 183 Å². The van der Waals surface area contributed by atoms with E-state index < -0.39 is 5.97 Å². The smallest absolute Gasteiger partial charge is 0.335 e. The van der Waals surface area contributed by atoms with E-state index in [1.807, 2.05) is 39.0 Å². The first-order valence-corrected chi connectivity index (χ1v) is 10.4. The molecule has 0 radical (unpaired) electrons. The highest BCUT2D eigenvalue weighted by Gasteiger charge is 2.24. The van der Waals surface area contributed by atoms with Gasteiger partial charge in [0.15, 0.2) is 5.17 Å². The van der Waals surface area contributed by atoms with E-state index in [-0.39, 0.29) is 11.5 Å². The Morgan fingerprint density at radius 1 is 1.03 bits per heavy atom. The van der Waals surface area contributed by atoms with Gasteiger partial charge in [-0.2, -0.15) is 0 Å². The second-order valence-electron chi connectivity index (χ2n) is 7.29. The van der Waals surface area contributed by atoms with Crippen molar-refractivity contribution in [1.29, 1.82) is 0 Å². The molecule has 0 saturated carbocycles. The maximum atomic E-state index is 12.4. The number of carbonyl (C=O) groups is 2. The molecular weight excluding hydrogens is 412 g/mol. The van der Waals surface area contributed by atoms with Crippen LogP contribution in [0.4, 0.5) is 5.69 Å². The highest BCUT2D eigenvalue weighted by Crippen LogP contribution is 2.31. The zero-order chi connectivity index (χ0) is 22.1. The number of amidine groups is 1. The first-order valence-electron chi connectivity index (χ1n) is 9.61. The fourth-order valence-corrected chi connectivity index (χ4v) is 3.99. The van der Waals surface area contributed by atoms with Gasteiger partial charge in [0.1, 0.15) is 11.5 Å². The molecule has 0 unspecified atom stereocenters. The molecule has 1 aromatic heterocycles. The summed E-state index contributed by atoms with van der Waals surface area (Å²) in [5.74, 6) is -0.0647. The number of hydrogen-bond acceptors (Lipinski definition) is 5. The first-order chi connectivity index (χ1) is 14.8. The third-order valence-electron chi connectivity index (χ3n) is 5.01. The number of carbonyl (C=O) groups excluding carboxylic acids is 1. The number of furan rings is 1. The Hall–Kier alpha value is -3.58. The summed E-state index contributed by atoms with van der Waals surface area (Å²) in [6, 6.07) is 14.3. The summed E-state index contributed by atoms with van der Waals surface area (Å²) in [7, 11) is 0. The molecule has 1 amide bonds. The van der Waals surface area contributed by atoms with Gasteiger partial charge in [-0.1, -0.05) is 12.1 Å². The minimum Gasteiger partial charge on any atom is -0.478 e. The molecule has 2 aromatic carbocycles. The number of aryl methyl sites for hydroxylation is 3. The Morgan fingerprint density at radius 3 is 2.55 bits per heavy atom. The topological polar surface area (TPSA) is 91.9 Å². The van der Waals surface area contributed by atoms with Gasteiger partial charge in [0.25, 0.3) is 5.91 Å². The largest absolute Gasteiger partial charge is 0.478 e. The molecule has 0 spiro atoms. The van der Waals surface area contributed by atoms with Crippen molar-refractivity contribution in [1.82, 2.24) is 5.32 Å². The van der Waals surface area contributed by atoms with Crippen LogP contribution in [0.15, 0.2) is 62.8 Å². The number of thioether (sulfide) groups is 1. The second kappa shape index (κ2) is 8.28. The van der Waals surface area contributed by atoms with Gasteiger partial charge in [0.05, 0.1) is 16.2 Å². The van der Waals surface area contributed by atoms with Crippen LogP contribution in [-0.4, -0.2) is 22.2 Å². The Kier molecular flexibility index (Phi) is 5.52. The number of aromatic carboxylic acids is 1. The number of benzene rings is 2. The summed E-state index contributed by atoms with van der Waals surface area (Å²) in [6.07, 6.45) is 1.67. The van der Waals surface area contributed by atoms with Crippen LogP contribution in [0.5, 0.6) is 0 Å². The zero-order valence-corrected chi connectivity index (χ0v) is 18.0. The van der Waals surface area contributed by atoms with Gasteiger partial charge in [-0.05, 0) is 85.6 Å². The predicted molar refractivity (Wildman–Crippen MR) is 123 cm³/mol. The number of carboxylic acids is 1. The lowest BCUT2D eigenvalue weighted by atomic mass is 10.0. The molecule has 2 heterocycles. The van der Waals surface area contributed by atoms with Crippen LogP contribution < -0.4 is 5.32 Å². The third-order valence-corrected chi connectivity index (χ3v) is 5.92. The van der Waals surface area contributed by atoms with Crippen LogP contribution in [0.3, 0.4) is 0 Å². The molecule has 1 aliphatic heterocycles. The van der Waals surface area contributed by atoms with Gasteiger partial charge in [-0.3, -0.25) is 4.79 Å². The van der Waals surface area contributed by atoms with Gasteiger partial charge in [-0.25, -0.2) is 9.79 Å². The number of amides is 1. The third kappa shape index (κ3) is 4.46. The van der Waals surface area contributed by atoms with Gasteiger partial charge < -0.3 is 14.8 Å². The van der Waals surface area contributed by atoms with Crippen LogP contribution in [0.25, 0.3) is 17.4 Å². The van der Waals surface area contributed by atoms with Crippen molar-refractivity contribution in [3.8, 4) is 11.3 Å². The Balaban J connectivity index is 1.55. The summed E-state index contributed by atoms with van der Waals surface area (Å²) in [5.41, 5.74) is 4.94. The summed E-state index contributed by atoms with van der Waals surface area (Å²) >= 11 is 1.26. The lowest BCUT2D eigenvalue weighted by Crippen LogP contribution is -2.19. The summed E-state index contributed by atoms with van der Waals surface area (Å²) in [4.78, 5) is 28.5. The van der Waals surface area contributed by atoms with Crippen molar-refractivity contribution in [2.45, 2.75) is 20.8 Å². The van der Waals surface area contributed by atoms with Crippen LogP contribution in [0.2, 0.25) is 0 Å². The zero-order valence-electron chi connectivity index (χ0n) is 17.2. The van der Waals surface area contributed by atoms with Crippen LogP contribution >= 0.6 is 11.8 Å². The van der Waals surface area contributed by atoms with Crippen molar-refractivity contribution in [3.05, 3.63) is 81.5 Å². The first kappa shape index (κ1) is 20.7. The SMILES string of the molecule is Cc1ccc(N=C2NC(=O)/C(=C/c3ccc(-c4ccc(C(=O)O)cc4C)o3)S2)cc1C. The van der Waals surface area contributed by atoms with Crippen molar-refractivity contribution in [3.63, 3.8) is 0 Å². The molecule has 7 heteroatoms. The number of carboxylic acid groups (broad SMARTS) is 1. The van der Waals surface area contributed by atoms with Crippen molar-refractivity contribution < 1.29 is 19.1 Å². The van der Waals surface area contributed by atoms with E-state index in [9.17, 15) is 9.59 Å². The number of rotatable bonds is 4. The fraction of sp³-hybridized carbons (Fsp3) is 0.125. The van der Waals surface area contributed by atoms with E-state index in [1.54, 1.807) is 36.4 Å². The Bertz CT molecular complexity index is 1270. The van der Waals surface area contributed by atoms with Gasteiger partial charge in [0, 0.05) is 11.6 Å². The normalized spacial score (nSPS) is 16.2. The monoisotopic (exact) mass is 432 g/mol. The minimum atomic E-state index is -0.970. The van der Waals surface area contributed by atoms with E-state index in [0.29, 0.717) is 21.6 Å². The Morgan fingerprint density at radius 2 is 1.84 bits per heavy atom. The van der Waals surface area contributed by atoms with Crippen LogP contribution in [0, 0.1) is 20.8 Å². The van der Waals surface area contributed by atoms with E-state index in [4.69, 9.17) is 9.52 Å². The molecule has 6 nitrogen and oxygen atoms in total. The van der Waals surface area contributed by atoms with Crippen molar-refractivity contribution >= 4 is 40.6 Å². The molecule has 1 aliphatic rings. The van der Waals surface area contributed by atoms with Crippen LogP contribution in [-0.2, 0) is 4.79 Å². The maximum absolute atomic E-state index is 12.4. The number of aliphatic imine (C=N–C) groups is 1. The second-order valence-corrected chi connectivity index (χ2v) is 8.32. The van der Waals surface area contributed by atoms with Crippen molar-refractivity contribution in [2.24, 2.45) is 4.99 Å². The van der Waals surface area contributed by atoms with E-state index in [1.165, 1.54) is 17.3 Å². The molecule has 2 N–H and O–H groups in total. The molecule has 31 heavy (non-hydrogen) atoms. The lowest BCUT2D eigenvalue weighted by molar-refractivity contribution is -0.115. The molecule has 0 atom stereocenters. The standard InChI is InChI=1S/C24H20N2O4S/c1-13-4-6-17(11-14(13)2)25-24-26-22(27)21(31-24)12-18-7-9-20(30-18)19-8-5-16(23(28)29)10-15(19)3/h4-12H,1-3H3,(H,28,29)(H,25,26,27)/b21-12-. The number of nitrogens with zero attached hydrogens (tertiary/aromatic N) is 1. The lowest BCUT2D eigenvalue weighted by Gasteiger charge is -2.04. The van der Waals surface area contributed by atoms with E-state index in [2.05, 4.69) is 10.3 Å². The highest BCUT2D eigenvalue weighted by atomic mass is 32.2. The quantitative estimate of drug-likeness (QED) is 0.534. The van der Waals surface area contributed by atoms with Crippen LogP contribution in [0.1, 0.15) is 32.8 Å². The van der Waals surface area contributed by atoms with E-state index in [0.717, 1.165) is 22.4 Å². The number of nitrogens with one attached hydrogen (secondary N) is 1. The number of hydrogen-bond donors (Lipinski definition) is 2. The molecular formula is C24H20N2O4S. The molecule has 4 rings (SSSR count). The van der Waals surface area contributed by atoms with Gasteiger partial charge >= 0.3 is 5.97 Å². The molecule has 1 fully saturated rings. The van der Waals surface area contributed by atoms with Gasteiger partial charge in [-0.15, -0.1) is 0 Å². The average molecular weight is 433 g/mol. The summed E-state index contributed by atoms with van der Waals surface area (Å²) in [6.45, 7) is 5.90. The summed E-state index contributed by atoms with van der Waals surface area (Å²) in [5, 5.41) is 12.4. The summed E-state index contributed by atoms with van der Waals surface area (Å²) < 4.78 is 5.89. The highest BCUT2D eigenvalue weighted by molar-refractivity contribution is 8.18. The molecule has 3 aromatic rings. The molecule has 0 bridgehead atoms.